The van der Waals surface area contributed by atoms with Crippen LogP contribution in [0.25, 0.3) is 0 Å². The largest absolute Gasteiger partial charge is 0.497 e. The Labute approximate surface area is 414 Å². The van der Waals surface area contributed by atoms with Gasteiger partial charge >= 0.3 is 24.2 Å². The first-order chi connectivity index (χ1) is 33.6. The highest BCUT2D eigenvalue weighted by Crippen LogP contribution is 2.28. The molecule has 22 nitrogen and oxygen atoms in total. The molecule has 0 aliphatic carbocycles. The van der Waals surface area contributed by atoms with Gasteiger partial charge in [-0.05, 0) is 111 Å². The van der Waals surface area contributed by atoms with Gasteiger partial charge in [-0.3, -0.25) is 20.2 Å². The molecule has 0 bridgehead atoms. The molecule has 0 saturated heterocycles. The van der Waals surface area contributed by atoms with Crippen molar-refractivity contribution >= 4 is 53.2 Å². The lowest BCUT2D eigenvalue weighted by atomic mass is 9.82. The number of ether oxygens (including phenoxy) is 3. The molecule has 2 unspecified atom stereocenters. The van der Waals surface area contributed by atoms with Crippen molar-refractivity contribution in [1.29, 1.82) is 0 Å². The summed E-state index contributed by atoms with van der Waals surface area (Å²) in [6, 6.07) is 16.3. The van der Waals surface area contributed by atoms with Crippen molar-refractivity contribution in [2.24, 2.45) is 32.9 Å². The number of nitrogens with zero attached hydrogens (tertiary/aromatic N) is 5. The Morgan fingerprint density at radius 2 is 1.06 bits per heavy atom. The highest BCUT2D eigenvalue weighted by Gasteiger charge is 2.24. The molecule has 0 saturated carbocycles. The molecule has 0 spiro atoms. The van der Waals surface area contributed by atoms with Gasteiger partial charge in [0.15, 0.2) is 0 Å². The quantitative estimate of drug-likeness (QED) is 0.0281. The number of benzene rings is 2. The second-order valence-corrected chi connectivity index (χ2v) is 19.2. The van der Waals surface area contributed by atoms with Crippen LogP contribution in [0, 0.1) is 36.5 Å². The van der Waals surface area contributed by atoms with Gasteiger partial charge in [0.1, 0.15) is 19.0 Å². The molecule has 8 N–H and O–H groups in total. The Hall–Kier alpha value is -7.52. The van der Waals surface area contributed by atoms with Gasteiger partial charge in [0.2, 0.25) is 11.9 Å². The number of hydrogen-bond donors (Lipinski definition) is 8. The van der Waals surface area contributed by atoms with Crippen molar-refractivity contribution in [2.45, 2.75) is 81.1 Å². The Bertz CT molecular complexity index is 2370. The van der Waals surface area contributed by atoms with Crippen LogP contribution in [0.2, 0.25) is 0 Å². The van der Waals surface area contributed by atoms with Crippen molar-refractivity contribution < 1.29 is 33.4 Å². The summed E-state index contributed by atoms with van der Waals surface area (Å²) in [6.07, 6.45) is 1.77. The molecule has 2 atom stereocenters. The fraction of sp³-hybridized carbons (Fsp3) is 0.510. The number of azo groups is 1. The van der Waals surface area contributed by atoms with Gasteiger partial charge in [-0.15, -0.1) is 0 Å². The molecule has 2 aromatic carbocycles. The summed E-state index contributed by atoms with van der Waals surface area (Å²) in [7, 11) is 1.60. The summed E-state index contributed by atoms with van der Waals surface area (Å²) in [5, 5.41) is 25.1. The van der Waals surface area contributed by atoms with E-state index in [1.807, 2.05) is 56.9 Å². The molecule has 4 aromatic rings. The third-order valence-electron chi connectivity index (χ3n) is 11.0. The lowest BCUT2D eigenvalue weighted by Gasteiger charge is -2.29. The molecular weight excluding hydrogens is 915 g/mol. The zero-order valence-electron chi connectivity index (χ0n) is 42.3. The van der Waals surface area contributed by atoms with Gasteiger partial charge in [-0.25, -0.2) is 19.2 Å². The molecule has 0 fully saturated rings. The third kappa shape index (κ3) is 22.2. The van der Waals surface area contributed by atoms with Crippen LogP contribution < -0.4 is 52.7 Å². The fourth-order valence-corrected chi connectivity index (χ4v) is 7.76. The average Bonchev–Trinajstić information content (AvgIpc) is 3.28. The normalized spacial score (nSPS) is 12.3. The van der Waals surface area contributed by atoms with Crippen LogP contribution in [0.4, 0.5) is 48.1 Å². The minimum Gasteiger partial charge on any atom is -0.497 e. The van der Waals surface area contributed by atoms with Crippen LogP contribution in [-0.4, -0.2) is 104 Å². The van der Waals surface area contributed by atoms with Gasteiger partial charge in [0, 0.05) is 55.4 Å². The van der Waals surface area contributed by atoms with Gasteiger partial charge in [-0.2, -0.15) is 20.2 Å². The first-order valence-electron chi connectivity index (χ1n) is 23.6. The molecule has 4 rings (SSSR count). The molecule has 2 aromatic heterocycles. The molecule has 71 heavy (non-hydrogen) atoms. The minimum atomic E-state index is -0.565. The number of amides is 6. The number of methoxy groups -OCH3 is 1. The first-order valence-corrected chi connectivity index (χ1v) is 23.6. The molecule has 0 radical (unpaired) electrons. The van der Waals surface area contributed by atoms with E-state index < -0.39 is 35.4 Å². The van der Waals surface area contributed by atoms with Crippen LogP contribution in [0.3, 0.4) is 0 Å². The maximum atomic E-state index is 12.9. The van der Waals surface area contributed by atoms with Crippen LogP contribution in [0.1, 0.15) is 78.6 Å². The van der Waals surface area contributed by atoms with E-state index in [0.717, 1.165) is 18.5 Å². The van der Waals surface area contributed by atoms with Crippen LogP contribution in [0.5, 0.6) is 5.75 Å². The van der Waals surface area contributed by atoms with Crippen molar-refractivity contribution in [2.75, 3.05) is 75.1 Å². The third-order valence-corrected chi connectivity index (χ3v) is 11.0. The van der Waals surface area contributed by atoms with E-state index in [-0.39, 0.29) is 47.8 Å². The monoisotopic (exact) mass is 986 g/mol. The van der Waals surface area contributed by atoms with Gasteiger partial charge in [0.25, 0.3) is 11.1 Å². The second kappa shape index (κ2) is 27.6. The Morgan fingerprint density at radius 3 is 1.45 bits per heavy atom. The van der Waals surface area contributed by atoms with E-state index in [1.54, 1.807) is 45.2 Å². The van der Waals surface area contributed by atoms with Crippen molar-refractivity contribution in [3.63, 3.8) is 0 Å². The smallest absolute Gasteiger partial charge is 0.407 e. The van der Waals surface area contributed by atoms with E-state index in [4.69, 9.17) is 14.2 Å². The second-order valence-electron chi connectivity index (χ2n) is 19.2. The number of carbonyl (C=O) groups excluding carboxylic acids is 4. The highest BCUT2D eigenvalue weighted by molar-refractivity contribution is 5.87. The van der Waals surface area contributed by atoms with E-state index in [0.29, 0.717) is 80.6 Å². The van der Waals surface area contributed by atoms with Crippen molar-refractivity contribution in [3.05, 3.63) is 92.8 Å². The number of anilines is 3. The van der Waals surface area contributed by atoms with Crippen LogP contribution in [-0.2, 0) is 9.47 Å². The van der Waals surface area contributed by atoms with Gasteiger partial charge in [-0.1, -0.05) is 41.5 Å². The molecule has 0 aliphatic heterocycles. The first kappa shape index (κ1) is 56.1. The summed E-state index contributed by atoms with van der Waals surface area (Å²) >= 11 is 0. The summed E-state index contributed by atoms with van der Waals surface area (Å²) in [6.45, 7) is 17.9. The summed E-state index contributed by atoms with van der Waals surface area (Å²) < 4.78 is 16.4. The zero-order valence-corrected chi connectivity index (χ0v) is 42.3. The van der Waals surface area contributed by atoms with Crippen molar-refractivity contribution in [3.8, 4) is 5.75 Å². The van der Waals surface area contributed by atoms with E-state index in [9.17, 15) is 28.8 Å². The number of nitrogens with one attached hydrogen (secondary N) is 8. The standard InChI is InChI=1S/C49H71N13O9/c1-32(18-20-50-44(65)58-42-54-34(3)26-40(63)56-42)28-48(5,6)30-52-46(67)70-24-22-62(38-14-10-36(11-15-38)60-61-37-12-16-39(69-9)17-13-37)23-25-71-47(68)53-31-49(7,8)29-33(2)19-21-51-45(66)59-43-55-35(4)27-41(64)57-43/h10-17,26-27,32-33H,18-25,28-31H2,1-9H3,(H,52,67)(H,53,68)(H3,50,54,56,58,63,65)(H3,51,55,57,59,64,66)/b61-60+. The number of aryl methyl sites for hydroxylation is 2. The molecule has 386 valence electrons. The van der Waals surface area contributed by atoms with E-state index >= 15 is 0 Å². The van der Waals surface area contributed by atoms with E-state index in [2.05, 4.69) is 75.9 Å². The SMILES string of the molecule is COc1ccc(/N=N/c2ccc(N(CCOC(=O)NCC(C)(C)CC(C)CCNC(=O)Nc3nc(=O)cc(C)[nH]3)CCOC(=O)NCC(C)(C)CC(C)CCNC(=O)Nc3nc(=O)cc(C)[nH]3)cc2)cc1. The number of hydrogen-bond acceptors (Lipinski definition) is 14. The topological polar surface area (TPSA) is 288 Å². The number of carbonyl (C=O) groups is 4. The predicted octanol–water partition coefficient (Wildman–Crippen LogP) is 7.68. The number of aromatic nitrogens is 4. The Morgan fingerprint density at radius 1 is 0.648 bits per heavy atom. The summed E-state index contributed by atoms with van der Waals surface area (Å²) in [5.41, 5.74) is 1.78. The van der Waals surface area contributed by atoms with Gasteiger partial charge in [0.05, 0.1) is 31.6 Å². The average molecular weight is 986 g/mol. The predicted molar refractivity (Wildman–Crippen MR) is 272 cm³/mol. The van der Waals surface area contributed by atoms with Crippen LogP contribution >= 0.6 is 0 Å². The molecule has 6 amide bonds. The van der Waals surface area contributed by atoms with Gasteiger partial charge < -0.3 is 50.3 Å². The molecule has 22 heteroatoms. The fourth-order valence-electron chi connectivity index (χ4n) is 7.76. The maximum absolute atomic E-state index is 12.9. The number of H-pyrrole nitrogens is 2. The Balaban J connectivity index is 1.22. The highest BCUT2D eigenvalue weighted by atomic mass is 16.6. The molecule has 2 heterocycles. The van der Waals surface area contributed by atoms with Crippen molar-refractivity contribution in [1.82, 2.24) is 41.2 Å². The number of urea groups is 2. The zero-order chi connectivity index (χ0) is 52.0. The summed E-state index contributed by atoms with van der Waals surface area (Å²) in [5.74, 6) is 1.29. The van der Waals surface area contributed by atoms with Crippen LogP contribution in [0.15, 0.2) is 80.5 Å². The lowest BCUT2D eigenvalue weighted by Crippen LogP contribution is -2.38. The number of alkyl carbamates (subject to hydrolysis) is 2. The van der Waals surface area contributed by atoms with E-state index in [1.165, 1.54) is 12.1 Å². The maximum Gasteiger partial charge on any atom is 0.407 e. The molecule has 0 aliphatic rings. The minimum absolute atomic E-state index is 0.0465. The molecular formula is C49H71N13O9. The lowest BCUT2D eigenvalue weighted by molar-refractivity contribution is 0.136. The number of aromatic amines is 2. The summed E-state index contributed by atoms with van der Waals surface area (Å²) in [4.78, 5) is 88.8. The Kier molecular flexibility index (Phi) is 21.8. The number of rotatable bonds is 26.